The molecule has 0 aliphatic carbocycles. The number of rotatable bonds is 3. The fraction of sp³-hybridized carbons (Fsp3) is 0.0769. The van der Waals surface area contributed by atoms with Crippen molar-refractivity contribution in [3.05, 3.63) is 47.8 Å². The normalized spacial score (nSPS) is 10.5. The maximum atomic E-state index is 7.45. The van der Waals surface area contributed by atoms with Gasteiger partial charge in [-0.2, -0.15) is 0 Å². The summed E-state index contributed by atoms with van der Waals surface area (Å²) in [6.45, 7) is 1.78. The van der Waals surface area contributed by atoms with Crippen molar-refractivity contribution in [2.75, 3.05) is 0 Å². The molecule has 0 atom stereocenters. The van der Waals surface area contributed by atoms with E-state index in [1.165, 1.54) is 4.80 Å². The first-order chi connectivity index (χ1) is 10.1. The number of hydrogen-bond acceptors (Lipinski definition) is 6. The second kappa shape index (κ2) is 5.08. The summed E-state index contributed by atoms with van der Waals surface area (Å²) >= 11 is 0. The van der Waals surface area contributed by atoms with Gasteiger partial charge in [0.05, 0.1) is 0 Å². The first kappa shape index (κ1) is 12.9. The Bertz CT molecular complexity index is 793. The molecule has 0 saturated heterocycles. The molecule has 0 spiro atoms. The van der Waals surface area contributed by atoms with E-state index in [4.69, 9.17) is 11.1 Å². The van der Waals surface area contributed by atoms with Gasteiger partial charge >= 0.3 is 0 Å². The fourth-order valence-corrected chi connectivity index (χ4v) is 1.78. The number of aromatic nitrogens is 6. The molecular weight excluding hydrogens is 268 g/mol. The van der Waals surface area contributed by atoms with Gasteiger partial charge in [-0.15, -0.1) is 10.2 Å². The molecule has 104 valence electrons. The Morgan fingerprint density at radius 1 is 1.19 bits per heavy atom. The van der Waals surface area contributed by atoms with Crippen molar-refractivity contribution in [1.82, 2.24) is 30.2 Å². The van der Waals surface area contributed by atoms with Crippen molar-refractivity contribution < 1.29 is 0 Å². The molecule has 3 aromatic rings. The van der Waals surface area contributed by atoms with Crippen molar-refractivity contribution in [2.24, 2.45) is 5.73 Å². The molecule has 0 aliphatic rings. The number of hydrogen-bond donors (Lipinski definition) is 2. The standard InChI is InChI=1S/C13H12N8/c1-8-7-10(11(14)15)17-13(16-8)21-19-12(18-20-21)9-5-3-2-4-6-9/h2-7H,1H3,(H3,14,15). The summed E-state index contributed by atoms with van der Waals surface area (Å²) in [4.78, 5) is 9.60. The molecule has 2 aromatic heterocycles. The van der Waals surface area contributed by atoms with Gasteiger partial charge in [0.1, 0.15) is 11.5 Å². The minimum Gasteiger partial charge on any atom is -0.382 e. The third-order valence-corrected chi connectivity index (χ3v) is 2.74. The molecule has 0 saturated carbocycles. The van der Waals surface area contributed by atoms with Crippen molar-refractivity contribution in [1.29, 1.82) is 5.41 Å². The summed E-state index contributed by atoms with van der Waals surface area (Å²) in [5.74, 6) is 0.574. The summed E-state index contributed by atoms with van der Waals surface area (Å²) in [5, 5.41) is 19.6. The van der Waals surface area contributed by atoms with Gasteiger partial charge in [-0.25, -0.2) is 9.97 Å². The van der Waals surface area contributed by atoms with Gasteiger partial charge in [-0.05, 0) is 18.2 Å². The SMILES string of the molecule is Cc1cc(C(=N)N)nc(-n2nnc(-c3ccccc3)n2)n1. The van der Waals surface area contributed by atoms with Crippen LogP contribution >= 0.6 is 0 Å². The second-order valence-electron chi connectivity index (χ2n) is 4.38. The molecule has 0 bridgehead atoms. The lowest BCUT2D eigenvalue weighted by atomic mass is 10.2. The Morgan fingerprint density at radius 2 is 1.95 bits per heavy atom. The van der Waals surface area contributed by atoms with E-state index in [0.717, 1.165) is 5.56 Å². The largest absolute Gasteiger partial charge is 0.382 e. The van der Waals surface area contributed by atoms with Crippen LogP contribution in [0, 0.1) is 12.3 Å². The van der Waals surface area contributed by atoms with Gasteiger partial charge in [0.25, 0.3) is 5.95 Å². The number of aryl methyl sites for hydroxylation is 1. The number of nitrogens with two attached hydrogens (primary N) is 1. The summed E-state index contributed by atoms with van der Waals surface area (Å²) in [5.41, 5.74) is 7.30. The number of benzene rings is 1. The second-order valence-corrected chi connectivity index (χ2v) is 4.38. The van der Waals surface area contributed by atoms with Crippen molar-refractivity contribution >= 4 is 5.84 Å². The number of amidine groups is 1. The lowest BCUT2D eigenvalue weighted by Gasteiger charge is -2.02. The Balaban J connectivity index is 2.02. The van der Waals surface area contributed by atoms with Gasteiger partial charge in [-0.1, -0.05) is 35.1 Å². The molecule has 1 aromatic carbocycles. The van der Waals surface area contributed by atoms with Crippen LogP contribution in [-0.2, 0) is 0 Å². The minimum absolute atomic E-state index is 0.134. The van der Waals surface area contributed by atoms with E-state index in [0.29, 0.717) is 17.2 Å². The van der Waals surface area contributed by atoms with Gasteiger partial charge in [0, 0.05) is 11.3 Å². The topological polar surface area (TPSA) is 119 Å². The van der Waals surface area contributed by atoms with Crippen LogP contribution in [0.5, 0.6) is 0 Å². The van der Waals surface area contributed by atoms with Crippen molar-refractivity contribution in [3.63, 3.8) is 0 Å². The lowest BCUT2D eigenvalue weighted by Crippen LogP contribution is -2.17. The Morgan fingerprint density at radius 3 is 2.67 bits per heavy atom. The summed E-state index contributed by atoms with van der Waals surface area (Å²) < 4.78 is 0. The predicted molar refractivity (Wildman–Crippen MR) is 75.9 cm³/mol. The molecular formula is C13H12N8. The average Bonchev–Trinajstić information content (AvgIpc) is 2.97. The van der Waals surface area contributed by atoms with E-state index in [-0.39, 0.29) is 11.8 Å². The zero-order valence-corrected chi connectivity index (χ0v) is 11.2. The Labute approximate surface area is 120 Å². The van der Waals surface area contributed by atoms with E-state index in [1.54, 1.807) is 13.0 Å². The van der Waals surface area contributed by atoms with Crippen LogP contribution in [0.2, 0.25) is 0 Å². The van der Waals surface area contributed by atoms with E-state index in [1.807, 2.05) is 30.3 Å². The van der Waals surface area contributed by atoms with Crippen LogP contribution in [0.4, 0.5) is 0 Å². The molecule has 2 heterocycles. The Hall–Kier alpha value is -3.16. The molecule has 8 heteroatoms. The van der Waals surface area contributed by atoms with E-state index in [2.05, 4.69) is 25.4 Å². The first-order valence-electron chi connectivity index (χ1n) is 6.19. The lowest BCUT2D eigenvalue weighted by molar-refractivity contribution is 0.674. The average molecular weight is 280 g/mol. The molecule has 0 amide bonds. The van der Waals surface area contributed by atoms with Crippen LogP contribution in [0.1, 0.15) is 11.4 Å². The third kappa shape index (κ3) is 2.59. The highest BCUT2D eigenvalue weighted by molar-refractivity contribution is 5.93. The van der Waals surface area contributed by atoms with Crippen LogP contribution in [0.25, 0.3) is 17.3 Å². The molecule has 21 heavy (non-hydrogen) atoms. The molecule has 0 fully saturated rings. The highest BCUT2D eigenvalue weighted by Gasteiger charge is 2.11. The molecule has 3 rings (SSSR count). The molecule has 0 unspecified atom stereocenters. The maximum absolute atomic E-state index is 7.45. The van der Waals surface area contributed by atoms with Crippen LogP contribution in [0.15, 0.2) is 36.4 Å². The zero-order valence-electron chi connectivity index (χ0n) is 11.2. The molecule has 0 radical (unpaired) electrons. The highest BCUT2D eigenvalue weighted by Crippen LogP contribution is 2.13. The quantitative estimate of drug-likeness (QED) is 0.538. The summed E-state index contributed by atoms with van der Waals surface area (Å²) in [6, 6.07) is 11.1. The molecule has 3 N–H and O–H groups in total. The minimum atomic E-state index is -0.134. The van der Waals surface area contributed by atoms with Crippen molar-refractivity contribution in [2.45, 2.75) is 6.92 Å². The molecule has 0 aliphatic heterocycles. The number of tetrazole rings is 1. The van der Waals surface area contributed by atoms with Gasteiger partial charge in [0.2, 0.25) is 5.82 Å². The van der Waals surface area contributed by atoms with Crippen LogP contribution < -0.4 is 5.73 Å². The number of nitrogens with one attached hydrogen (secondary N) is 1. The highest BCUT2D eigenvalue weighted by atomic mass is 15.6. The van der Waals surface area contributed by atoms with Gasteiger partial charge < -0.3 is 5.73 Å². The monoisotopic (exact) mass is 280 g/mol. The van der Waals surface area contributed by atoms with Crippen LogP contribution in [-0.4, -0.2) is 36.0 Å². The fourth-order valence-electron chi connectivity index (χ4n) is 1.78. The third-order valence-electron chi connectivity index (χ3n) is 2.74. The first-order valence-corrected chi connectivity index (χ1v) is 6.19. The zero-order chi connectivity index (χ0) is 14.8. The van der Waals surface area contributed by atoms with E-state index < -0.39 is 0 Å². The summed E-state index contributed by atoms with van der Waals surface area (Å²) in [6.07, 6.45) is 0. The summed E-state index contributed by atoms with van der Waals surface area (Å²) in [7, 11) is 0. The predicted octanol–water partition coefficient (Wildman–Crippen LogP) is 0.712. The number of nitrogen functional groups attached to an aromatic ring is 1. The Kier molecular flexibility index (Phi) is 3.11. The number of nitrogens with zero attached hydrogens (tertiary/aromatic N) is 6. The van der Waals surface area contributed by atoms with E-state index >= 15 is 0 Å². The maximum Gasteiger partial charge on any atom is 0.271 e. The van der Waals surface area contributed by atoms with Gasteiger partial charge in [-0.3, -0.25) is 5.41 Å². The van der Waals surface area contributed by atoms with Crippen molar-refractivity contribution in [3.8, 4) is 17.3 Å². The van der Waals surface area contributed by atoms with E-state index in [9.17, 15) is 0 Å². The smallest absolute Gasteiger partial charge is 0.271 e. The van der Waals surface area contributed by atoms with Gasteiger partial charge in [0.15, 0.2) is 0 Å². The molecule has 8 nitrogen and oxygen atoms in total. The van der Waals surface area contributed by atoms with Crippen LogP contribution in [0.3, 0.4) is 0 Å².